The van der Waals surface area contributed by atoms with Crippen molar-refractivity contribution in [2.24, 2.45) is 11.8 Å². The van der Waals surface area contributed by atoms with E-state index in [9.17, 15) is 0 Å². The fourth-order valence-electron chi connectivity index (χ4n) is 14.3. The first-order chi connectivity index (χ1) is 68.7. The summed E-state index contributed by atoms with van der Waals surface area (Å²) in [5, 5.41) is 0. The molecule has 0 aliphatic heterocycles. The summed E-state index contributed by atoms with van der Waals surface area (Å²) in [7, 11) is 1.60. The van der Waals surface area contributed by atoms with Gasteiger partial charge in [0.15, 0.2) is 50.8 Å². The second-order valence-electron chi connectivity index (χ2n) is 35.9. The molecular weight excluding hydrogens is 1790 g/mol. The Hall–Kier alpha value is -12.0. The summed E-state index contributed by atoms with van der Waals surface area (Å²) >= 11 is 0. The van der Waals surface area contributed by atoms with Crippen LogP contribution in [0.25, 0.3) is 45.1 Å². The highest BCUT2D eigenvalue weighted by molar-refractivity contribution is 5.66. The third-order valence-electron chi connectivity index (χ3n) is 22.3. The maximum absolute atomic E-state index is 5.93. The van der Waals surface area contributed by atoms with Gasteiger partial charge in [-0.3, -0.25) is 0 Å². The van der Waals surface area contributed by atoms with E-state index in [1.807, 2.05) is 353 Å². The second-order valence-corrected chi connectivity index (χ2v) is 35.9. The number of benzene rings is 10. The van der Waals surface area contributed by atoms with Crippen LogP contribution in [0.3, 0.4) is 0 Å². The van der Waals surface area contributed by atoms with Gasteiger partial charge >= 0.3 is 0 Å². The van der Waals surface area contributed by atoms with Crippen LogP contribution in [0.1, 0.15) is 252 Å². The Morgan fingerprint density at radius 2 is 0.615 bits per heavy atom. The summed E-state index contributed by atoms with van der Waals surface area (Å²) in [5.41, 5.74) is 17.7. The molecule has 0 saturated heterocycles. The predicted molar refractivity (Wildman–Crippen MR) is 595 cm³/mol. The van der Waals surface area contributed by atoms with E-state index in [4.69, 9.17) is 80.5 Å². The van der Waals surface area contributed by atoms with Crippen molar-refractivity contribution in [3.63, 3.8) is 0 Å². The molecule has 10 aromatic rings. The predicted octanol–water partition coefficient (Wildman–Crippen LogP) is 33.3. The molecule has 0 heterocycles. The highest BCUT2D eigenvalue weighted by Gasteiger charge is 2.20. The molecule has 7 unspecified atom stereocenters. The molecule has 17 nitrogen and oxygen atoms in total. The van der Waals surface area contributed by atoms with Crippen LogP contribution in [-0.2, 0) is 44.3 Å². The van der Waals surface area contributed by atoms with Crippen molar-refractivity contribution in [3.05, 3.63) is 357 Å². The number of hydrogen-bond donors (Lipinski definition) is 0. The van der Waals surface area contributed by atoms with E-state index in [-0.39, 0.29) is 50.8 Å². The van der Waals surface area contributed by atoms with Gasteiger partial charge in [0, 0.05) is 26.7 Å². The van der Waals surface area contributed by atoms with Crippen LogP contribution in [0.5, 0.6) is 51.7 Å². The molecule has 0 aromatic heterocycles. The SMILES string of the molecule is C=C(C)c1ccc(OC(C)OC2CCCCC2)cc1.C=C(C)c1ccc(OC(C)OCC(C)C)cc1.C=C(C)c1ccc(OC(C)OCC)cc1.C=C(C)c1ccc(OC(C)OCCC2CCCCC2)cc1.C=C(C)c1ccc(OC(C)OCCc2ccccc2)cc1.C=C(C)c1ccc(OC(CC)OCC)cc1.C=C(C)c1ccc(OCOC)cc1.C=Cc1ccc(OC(C)OCCOc2ccccc2)cc1. The van der Waals surface area contributed by atoms with Gasteiger partial charge in [-0.15, -0.1) is 0 Å². The minimum Gasteiger partial charge on any atom is -0.491 e. The maximum atomic E-state index is 5.93. The van der Waals surface area contributed by atoms with Crippen LogP contribution in [0.2, 0.25) is 0 Å². The molecule has 774 valence electrons. The van der Waals surface area contributed by atoms with Crippen molar-refractivity contribution in [1.29, 1.82) is 0 Å². The Morgan fingerprint density at radius 1 is 0.308 bits per heavy atom. The van der Waals surface area contributed by atoms with Crippen LogP contribution >= 0.6 is 0 Å². The molecule has 2 aliphatic carbocycles. The van der Waals surface area contributed by atoms with Crippen LogP contribution in [0, 0.1) is 11.8 Å². The van der Waals surface area contributed by atoms with E-state index >= 15 is 0 Å². The summed E-state index contributed by atoms with van der Waals surface area (Å²) in [4.78, 5) is 0. The van der Waals surface area contributed by atoms with E-state index in [0.29, 0.717) is 51.7 Å². The molecule has 0 N–H and O–H groups in total. The van der Waals surface area contributed by atoms with Crippen LogP contribution in [0.15, 0.2) is 307 Å². The third-order valence-corrected chi connectivity index (χ3v) is 22.3. The fraction of sp³-hybridized carbons (Fsp3) is 0.397. The Morgan fingerprint density at radius 3 is 0.958 bits per heavy atom. The van der Waals surface area contributed by atoms with E-state index in [1.54, 1.807) is 13.2 Å². The van der Waals surface area contributed by atoms with Crippen LogP contribution in [-0.4, -0.2) is 110 Å². The minimum atomic E-state index is -0.320. The average molecular weight is 1950 g/mol. The number of allylic oxidation sites excluding steroid dienone is 7. The zero-order valence-electron chi connectivity index (χ0n) is 89.5. The van der Waals surface area contributed by atoms with E-state index in [1.165, 1.54) is 76.2 Å². The summed E-state index contributed by atoms with van der Waals surface area (Å²) in [6, 6.07) is 83.1. The Labute approximate surface area is 859 Å². The quantitative estimate of drug-likeness (QED) is 0.0262. The van der Waals surface area contributed by atoms with E-state index < -0.39 is 0 Å². The summed E-state index contributed by atoms with van der Waals surface area (Å²) in [6.45, 7) is 71.4. The number of ether oxygens (including phenoxy) is 17. The lowest BCUT2D eigenvalue weighted by molar-refractivity contribution is -0.116. The Kier molecular flexibility index (Phi) is 60.7. The van der Waals surface area contributed by atoms with Gasteiger partial charge in [-0.05, 0) is 301 Å². The Bertz CT molecular complexity index is 5120. The molecule has 0 radical (unpaired) electrons. The van der Waals surface area contributed by atoms with E-state index in [0.717, 1.165) is 161 Å². The van der Waals surface area contributed by atoms with Crippen molar-refractivity contribution < 1.29 is 80.5 Å². The van der Waals surface area contributed by atoms with Gasteiger partial charge in [-0.2, -0.15) is 0 Å². The number of rotatable bonds is 48. The monoisotopic (exact) mass is 1950 g/mol. The van der Waals surface area contributed by atoms with Gasteiger partial charge in [0.25, 0.3) is 0 Å². The van der Waals surface area contributed by atoms with Crippen LogP contribution in [0.4, 0.5) is 0 Å². The number of hydrogen-bond acceptors (Lipinski definition) is 17. The summed E-state index contributed by atoms with van der Waals surface area (Å²) in [6.07, 6.45) is 16.8. The summed E-state index contributed by atoms with van der Waals surface area (Å²) < 4.78 is 94.6. The zero-order valence-corrected chi connectivity index (χ0v) is 89.5. The highest BCUT2D eigenvalue weighted by Crippen LogP contribution is 2.31. The first-order valence-corrected chi connectivity index (χ1v) is 50.6. The lowest BCUT2D eigenvalue weighted by atomic mass is 9.87. The molecule has 0 amide bonds. The van der Waals surface area contributed by atoms with Crippen molar-refractivity contribution in [1.82, 2.24) is 0 Å². The number of para-hydroxylation sites is 1. The van der Waals surface area contributed by atoms with Gasteiger partial charge in [0.1, 0.15) is 58.4 Å². The third kappa shape index (κ3) is 54.3. The largest absolute Gasteiger partial charge is 0.491 e. The average Bonchev–Trinajstić information content (AvgIpc) is 0.887. The minimum absolute atomic E-state index is 0.152. The van der Waals surface area contributed by atoms with Gasteiger partial charge in [0.2, 0.25) is 0 Å². The topological polar surface area (TPSA) is 157 Å². The molecule has 17 heteroatoms. The smallest absolute Gasteiger partial charge is 0.199 e. The fourth-order valence-corrected chi connectivity index (χ4v) is 14.3. The molecule has 143 heavy (non-hydrogen) atoms. The molecule has 0 spiro atoms. The van der Waals surface area contributed by atoms with Gasteiger partial charge < -0.3 is 80.5 Å². The first kappa shape index (κ1) is 121. The Balaban J connectivity index is 0.000000289. The highest BCUT2D eigenvalue weighted by atomic mass is 16.7. The standard InChI is InChI=1S/C19H28O2.C19H22O2.C18H20O3.C17H24O2.C15H22O2.C14H20O2.C13H18O2.C11H14O2/c2*1-15(2)18-9-11-19(12-10-18)21-16(3)20-14-13-17-7-5-4-6-8-17;1-3-16-9-11-18(12-10-16)21-15(2)19-13-14-20-17-7-5-4-6-8-17;1-13(2)15-9-11-17(12-10-15)19-14(3)18-16-7-5-4-6-8-16;1-11(2)10-16-13(5)17-15-8-6-14(7-9-15)12(3)4;1-5-14(15-6-2)16-13-9-7-12(8-10-13)11(3)4;1-5-14-11(4)15-13-8-6-12(7-9-13)10(2)3;1-9(2)10-4-6-11(7-5-10)13-8-12-3/h9-12,16-17H,1,4-8,13-14H2,2-3H3;4-12,16H,1,13-14H2,2-3H3;3-12,15H,1,13-14H2,2H3;9-12,14,16H,1,4-8H2,2-3H3;6-9,11,13H,3,10H2,1-2,4-5H3;7-10,14H,3,5-6H2,1-2,4H3;6-9,11H,2,5H2,1,3-4H3;4-7H,1,8H2,2-3H3. The first-order valence-electron chi connectivity index (χ1n) is 50.6. The van der Waals surface area contributed by atoms with Crippen LogP contribution < -0.4 is 42.6 Å². The van der Waals surface area contributed by atoms with Gasteiger partial charge in [-0.1, -0.05) is 315 Å². The van der Waals surface area contributed by atoms with E-state index in [2.05, 4.69) is 78.6 Å². The molecule has 0 bridgehead atoms. The molecular formula is C126H168O17. The normalized spacial score (nSPS) is 13.4. The van der Waals surface area contributed by atoms with Crippen molar-refractivity contribution in [2.45, 2.75) is 258 Å². The zero-order chi connectivity index (χ0) is 104. The van der Waals surface area contributed by atoms with Crippen molar-refractivity contribution in [3.8, 4) is 51.7 Å². The lowest BCUT2D eigenvalue weighted by Crippen LogP contribution is -2.26. The summed E-state index contributed by atoms with van der Waals surface area (Å²) in [5.74, 6) is 8.81. The molecule has 10 aromatic carbocycles. The molecule has 2 fully saturated rings. The van der Waals surface area contributed by atoms with Gasteiger partial charge in [0.05, 0.1) is 32.5 Å². The van der Waals surface area contributed by atoms with Crippen molar-refractivity contribution in [2.75, 3.05) is 60.2 Å². The van der Waals surface area contributed by atoms with Gasteiger partial charge in [-0.25, -0.2) is 0 Å². The van der Waals surface area contributed by atoms with Crippen molar-refractivity contribution >= 4 is 45.1 Å². The molecule has 7 atom stereocenters. The molecule has 12 rings (SSSR count). The molecule has 2 aliphatic rings. The second kappa shape index (κ2) is 71.5. The number of methoxy groups -OCH3 is 1. The maximum Gasteiger partial charge on any atom is 0.199 e. The lowest BCUT2D eigenvalue weighted by Gasteiger charge is -2.26. The molecule has 2 saturated carbocycles.